The Morgan fingerprint density at radius 2 is 1.81 bits per heavy atom. The molecule has 27 heavy (non-hydrogen) atoms. The van der Waals surface area contributed by atoms with Gasteiger partial charge in [0.2, 0.25) is 0 Å². The van der Waals surface area contributed by atoms with Crippen LogP contribution in [0.25, 0.3) is 0 Å². The first-order chi connectivity index (χ1) is 13.2. The highest BCUT2D eigenvalue weighted by molar-refractivity contribution is 6.33. The maximum absolute atomic E-state index is 12.4. The summed E-state index contributed by atoms with van der Waals surface area (Å²) in [5.74, 6) is 0.849. The number of anilines is 1. The van der Waals surface area contributed by atoms with Crippen molar-refractivity contribution in [1.29, 1.82) is 0 Å². The lowest BCUT2D eigenvalue weighted by Crippen LogP contribution is -2.41. The predicted octanol–water partition coefficient (Wildman–Crippen LogP) is 4.70. The first-order valence-electron chi connectivity index (χ1n) is 9.35. The molecular weight excluding hydrogens is 362 g/mol. The molecule has 1 fully saturated rings. The van der Waals surface area contributed by atoms with Gasteiger partial charge in [-0.2, -0.15) is 0 Å². The van der Waals surface area contributed by atoms with Crippen molar-refractivity contribution in [3.8, 4) is 5.75 Å². The molecule has 6 heteroatoms. The summed E-state index contributed by atoms with van der Waals surface area (Å²) in [4.78, 5) is 14.8. The number of amides is 2. The zero-order chi connectivity index (χ0) is 19.1. The Morgan fingerprint density at radius 3 is 2.56 bits per heavy atom. The molecular formula is C21H26ClN3O2. The Kier molecular flexibility index (Phi) is 6.96. The zero-order valence-electron chi connectivity index (χ0n) is 15.6. The monoisotopic (exact) mass is 387 g/mol. The molecule has 0 saturated carbocycles. The number of piperidine rings is 1. The number of carbonyl (C=O) groups excluding carboxylic acids is 1. The molecule has 2 aromatic carbocycles. The van der Waals surface area contributed by atoms with Crippen molar-refractivity contribution < 1.29 is 9.53 Å². The number of nitrogens with zero attached hydrogens (tertiary/aromatic N) is 1. The van der Waals surface area contributed by atoms with Gasteiger partial charge >= 0.3 is 6.03 Å². The van der Waals surface area contributed by atoms with Crippen LogP contribution in [0.3, 0.4) is 0 Å². The second kappa shape index (κ2) is 9.62. The van der Waals surface area contributed by atoms with E-state index in [2.05, 4.69) is 21.6 Å². The summed E-state index contributed by atoms with van der Waals surface area (Å²) in [6, 6.07) is 15.0. The SMILES string of the molecule is COc1ccccc1C(CNC(=O)Nc1ccccc1Cl)N1CCCCC1. The fourth-order valence-electron chi connectivity index (χ4n) is 3.53. The molecule has 2 aromatic rings. The van der Waals surface area contributed by atoms with Gasteiger partial charge in [0.05, 0.1) is 23.9 Å². The molecule has 0 aromatic heterocycles. The molecule has 3 rings (SSSR count). The standard InChI is InChI=1S/C21H26ClN3O2/c1-27-20-12-6-3-9-16(20)19(25-13-7-2-8-14-25)15-23-21(26)24-18-11-5-4-10-17(18)22/h3-6,9-12,19H,2,7-8,13-15H2,1H3,(H2,23,24,26). The highest BCUT2D eigenvalue weighted by Crippen LogP contribution is 2.31. The summed E-state index contributed by atoms with van der Waals surface area (Å²) < 4.78 is 5.56. The molecule has 1 aliphatic heterocycles. The van der Waals surface area contributed by atoms with Crippen LogP contribution in [0.15, 0.2) is 48.5 Å². The van der Waals surface area contributed by atoms with Crippen LogP contribution >= 0.6 is 11.6 Å². The number of hydrogen-bond acceptors (Lipinski definition) is 3. The van der Waals surface area contributed by atoms with Crippen molar-refractivity contribution in [3.05, 3.63) is 59.1 Å². The van der Waals surface area contributed by atoms with Crippen molar-refractivity contribution in [2.45, 2.75) is 25.3 Å². The highest BCUT2D eigenvalue weighted by atomic mass is 35.5. The molecule has 1 aliphatic rings. The van der Waals surface area contributed by atoms with Gasteiger partial charge in [0.25, 0.3) is 0 Å². The van der Waals surface area contributed by atoms with E-state index in [4.69, 9.17) is 16.3 Å². The van der Waals surface area contributed by atoms with Crippen LogP contribution in [0.1, 0.15) is 30.9 Å². The summed E-state index contributed by atoms with van der Waals surface area (Å²) in [5.41, 5.74) is 1.70. The van der Waals surface area contributed by atoms with Gasteiger partial charge in [-0.15, -0.1) is 0 Å². The lowest BCUT2D eigenvalue weighted by atomic mass is 10.0. The molecule has 1 saturated heterocycles. The number of para-hydroxylation sites is 2. The van der Waals surface area contributed by atoms with Gasteiger partial charge in [-0.25, -0.2) is 4.79 Å². The lowest BCUT2D eigenvalue weighted by molar-refractivity contribution is 0.158. The third kappa shape index (κ3) is 5.15. The van der Waals surface area contributed by atoms with Crippen molar-refractivity contribution in [1.82, 2.24) is 10.2 Å². The first kappa shape index (κ1) is 19.5. The van der Waals surface area contributed by atoms with Gasteiger partial charge in [0.1, 0.15) is 5.75 Å². The molecule has 1 atom stereocenters. The van der Waals surface area contributed by atoms with Crippen LogP contribution < -0.4 is 15.4 Å². The summed E-state index contributed by atoms with van der Waals surface area (Å²) >= 11 is 6.12. The Balaban J connectivity index is 1.71. The largest absolute Gasteiger partial charge is 0.496 e. The quantitative estimate of drug-likeness (QED) is 0.755. The molecule has 2 amide bonds. The minimum absolute atomic E-state index is 0.0680. The van der Waals surface area contributed by atoms with E-state index in [1.807, 2.05) is 30.3 Å². The second-order valence-corrected chi connectivity index (χ2v) is 7.08. The number of halogens is 1. The van der Waals surface area contributed by atoms with Crippen LogP contribution in [0.4, 0.5) is 10.5 Å². The molecule has 2 N–H and O–H groups in total. The number of urea groups is 1. The fraction of sp³-hybridized carbons (Fsp3) is 0.381. The molecule has 1 heterocycles. The number of nitrogens with one attached hydrogen (secondary N) is 2. The van der Waals surface area contributed by atoms with Gasteiger partial charge in [0.15, 0.2) is 0 Å². The molecule has 0 aliphatic carbocycles. The molecule has 144 valence electrons. The normalized spacial score (nSPS) is 15.8. The van der Waals surface area contributed by atoms with Gasteiger partial charge in [-0.3, -0.25) is 4.90 Å². The van der Waals surface area contributed by atoms with Crippen LogP contribution in [0, 0.1) is 0 Å². The van der Waals surface area contributed by atoms with Crippen molar-refractivity contribution >= 4 is 23.3 Å². The summed E-state index contributed by atoms with van der Waals surface area (Å²) in [6.07, 6.45) is 3.62. The highest BCUT2D eigenvalue weighted by Gasteiger charge is 2.25. The molecule has 0 spiro atoms. The van der Waals surface area contributed by atoms with E-state index in [1.54, 1.807) is 19.2 Å². The van der Waals surface area contributed by atoms with Gasteiger partial charge in [-0.1, -0.05) is 48.4 Å². The molecule has 5 nitrogen and oxygen atoms in total. The number of ether oxygens (including phenoxy) is 1. The van der Waals surface area contributed by atoms with Gasteiger partial charge < -0.3 is 15.4 Å². The summed E-state index contributed by atoms with van der Waals surface area (Å²) in [7, 11) is 1.68. The van der Waals surface area contributed by atoms with Crippen LogP contribution in [-0.2, 0) is 0 Å². The van der Waals surface area contributed by atoms with Crippen LogP contribution in [-0.4, -0.2) is 37.7 Å². The molecule has 0 bridgehead atoms. The maximum atomic E-state index is 12.4. The number of methoxy groups -OCH3 is 1. The van der Waals surface area contributed by atoms with Crippen molar-refractivity contribution in [3.63, 3.8) is 0 Å². The Labute approximate surface area is 165 Å². The van der Waals surface area contributed by atoms with Gasteiger partial charge in [0, 0.05) is 12.1 Å². The number of rotatable bonds is 6. The number of likely N-dealkylation sites (tertiary alicyclic amines) is 1. The third-order valence-electron chi connectivity index (χ3n) is 4.91. The van der Waals surface area contributed by atoms with E-state index < -0.39 is 0 Å². The Hall–Kier alpha value is -2.24. The van der Waals surface area contributed by atoms with E-state index in [0.29, 0.717) is 17.3 Å². The number of benzene rings is 2. The molecule has 1 unspecified atom stereocenters. The smallest absolute Gasteiger partial charge is 0.319 e. The lowest BCUT2D eigenvalue weighted by Gasteiger charge is -2.35. The second-order valence-electron chi connectivity index (χ2n) is 6.67. The molecule has 0 radical (unpaired) electrons. The van der Waals surface area contributed by atoms with E-state index in [-0.39, 0.29) is 12.1 Å². The van der Waals surface area contributed by atoms with Gasteiger partial charge in [-0.05, 0) is 44.1 Å². The number of carbonyl (C=O) groups is 1. The topological polar surface area (TPSA) is 53.6 Å². The Morgan fingerprint density at radius 1 is 1.11 bits per heavy atom. The van der Waals surface area contributed by atoms with Crippen LogP contribution in [0.5, 0.6) is 5.75 Å². The van der Waals surface area contributed by atoms with Crippen molar-refractivity contribution in [2.75, 3.05) is 32.1 Å². The third-order valence-corrected chi connectivity index (χ3v) is 5.24. The first-order valence-corrected chi connectivity index (χ1v) is 9.73. The van der Waals surface area contributed by atoms with Crippen molar-refractivity contribution in [2.24, 2.45) is 0 Å². The van der Waals surface area contributed by atoms with Crippen LogP contribution in [0.2, 0.25) is 5.02 Å². The van der Waals surface area contributed by atoms with E-state index >= 15 is 0 Å². The summed E-state index contributed by atoms with van der Waals surface area (Å²) in [6.45, 7) is 2.55. The predicted molar refractivity (Wildman–Crippen MR) is 110 cm³/mol. The minimum Gasteiger partial charge on any atom is -0.496 e. The maximum Gasteiger partial charge on any atom is 0.319 e. The Bertz CT molecular complexity index is 763. The van der Waals surface area contributed by atoms with E-state index in [9.17, 15) is 4.79 Å². The van der Waals surface area contributed by atoms with E-state index in [0.717, 1.165) is 24.4 Å². The fourth-order valence-corrected chi connectivity index (χ4v) is 3.71. The minimum atomic E-state index is -0.264. The van der Waals surface area contributed by atoms with E-state index in [1.165, 1.54) is 19.3 Å². The zero-order valence-corrected chi connectivity index (χ0v) is 16.3. The number of hydrogen-bond donors (Lipinski definition) is 2. The average Bonchev–Trinajstić information content (AvgIpc) is 2.71. The average molecular weight is 388 g/mol. The summed E-state index contributed by atoms with van der Waals surface area (Å²) in [5, 5.41) is 6.33.